The summed E-state index contributed by atoms with van der Waals surface area (Å²) in [7, 11) is 0. The number of aryl methyl sites for hydroxylation is 1. The van der Waals surface area contributed by atoms with E-state index in [1.54, 1.807) is 0 Å². The highest BCUT2D eigenvalue weighted by molar-refractivity contribution is 5.85. The first-order valence-electron chi connectivity index (χ1n) is 7.79. The van der Waals surface area contributed by atoms with E-state index in [1.807, 2.05) is 18.2 Å². The predicted octanol–water partition coefficient (Wildman–Crippen LogP) is 3.60. The van der Waals surface area contributed by atoms with E-state index < -0.39 is 0 Å². The van der Waals surface area contributed by atoms with E-state index in [0.717, 1.165) is 43.0 Å². The Morgan fingerprint density at radius 2 is 2.04 bits per heavy atom. The fourth-order valence-electron chi connectivity index (χ4n) is 3.43. The first-order chi connectivity index (χ1) is 10.7. The summed E-state index contributed by atoms with van der Waals surface area (Å²) in [5.41, 5.74) is 13.0. The van der Waals surface area contributed by atoms with Crippen molar-refractivity contribution in [1.82, 2.24) is 9.38 Å². The first kappa shape index (κ1) is 15.7. The molecule has 0 spiro atoms. The lowest BCUT2D eigenvalue weighted by molar-refractivity contribution is 0.681. The van der Waals surface area contributed by atoms with Gasteiger partial charge in [0.25, 0.3) is 0 Å². The molecule has 1 aromatic carbocycles. The minimum Gasteiger partial charge on any atom is -0.398 e. The van der Waals surface area contributed by atoms with Gasteiger partial charge in [-0.1, -0.05) is 12.1 Å². The number of hydrogen-bond acceptors (Lipinski definition) is 3. The van der Waals surface area contributed by atoms with Crippen molar-refractivity contribution in [2.24, 2.45) is 0 Å². The number of nitrogen functional groups attached to an aromatic ring is 1. The molecule has 4 rings (SSSR count). The molecular formula is C18H21ClN4. The molecule has 0 fully saturated rings. The zero-order chi connectivity index (χ0) is 15.1. The summed E-state index contributed by atoms with van der Waals surface area (Å²) in [6.07, 6.45) is 4.32. The number of rotatable bonds is 2. The summed E-state index contributed by atoms with van der Waals surface area (Å²) in [6, 6.07) is 12.4. The van der Waals surface area contributed by atoms with Crippen LogP contribution in [0.1, 0.15) is 23.4 Å². The van der Waals surface area contributed by atoms with E-state index in [-0.39, 0.29) is 12.4 Å². The summed E-state index contributed by atoms with van der Waals surface area (Å²) in [5, 5.41) is 0. The van der Waals surface area contributed by atoms with Gasteiger partial charge in [0.2, 0.25) is 0 Å². The third kappa shape index (κ3) is 2.63. The molecule has 0 unspecified atom stereocenters. The molecule has 0 bridgehead atoms. The van der Waals surface area contributed by atoms with Gasteiger partial charge in [-0.15, -0.1) is 12.4 Å². The molecule has 3 aromatic rings. The number of hydrogen-bond donors (Lipinski definition) is 1. The molecule has 4 nitrogen and oxygen atoms in total. The Bertz CT molecular complexity index is 840. The molecule has 1 aliphatic heterocycles. The molecule has 0 aliphatic carbocycles. The zero-order valence-electron chi connectivity index (χ0n) is 13.2. The van der Waals surface area contributed by atoms with Crippen molar-refractivity contribution in [1.29, 1.82) is 0 Å². The topological polar surface area (TPSA) is 46.6 Å². The molecule has 0 radical (unpaired) electrons. The van der Waals surface area contributed by atoms with Crippen molar-refractivity contribution in [3.8, 4) is 0 Å². The quantitative estimate of drug-likeness (QED) is 0.731. The van der Waals surface area contributed by atoms with Crippen LogP contribution in [0.25, 0.3) is 5.65 Å². The second kappa shape index (κ2) is 6.13. The average Bonchev–Trinajstić information content (AvgIpc) is 2.84. The maximum atomic E-state index is 6.15. The van der Waals surface area contributed by atoms with Gasteiger partial charge >= 0.3 is 0 Å². The van der Waals surface area contributed by atoms with E-state index in [4.69, 9.17) is 5.73 Å². The lowest BCUT2D eigenvalue weighted by atomic mass is 9.99. The molecule has 2 aromatic heterocycles. The number of imidazole rings is 1. The number of halogens is 1. The van der Waals surface area contributed by atoms with Gasteiger partial charge in [0.05, 0.1) is 17.9 Å². The largest absolute Gasteiger partial charge is 0.398 e. The molecule has 2 N–H and O–H groups in total. The number of nitrogens with two attached hydrogens (primary N) is 1. The average molecular weight is 329 g/mol. The van der Waals surface area contributed by atoms with E-state index in [1.165, 1.54) is 16.9 Å². The van der Waals surface area contributed by atoms with Gasteiger partial charge in [-0.2, -0.15) is 0 Å². The Balaban J connectivity index is 0.00000156. The molecule has 5 heteroatoms. The highest BCUT2D eigenvalue weighted by atomic mass is 35.5. The van der Waals surface area contributed by atoms with Crippen molar-refractivity contribution >= 4 is 29.4 Å². The Hall–Kier alpha value is -2.20. The van der Waals surface area contributed by atoms with E-state index >= 15 is 0 Å². The van der Waals surface area contributed by atoms with Gasteiger partial charge in [-0.3, -0.25) is 0 Å². The Kier molecular flexibility index (Phi) is 4.18. The minimum absolute atomic E-state index is 0. The van der Waals surface area contributed by atoms with Crippen LogP contribution in [0, 0.1) is 6.92 Å². The third-order valence-electron chi connectivity index (χ3n) is 4.55. The SMILES string of the molecule is Cc1nc2ccccn2c1CN1CCCc2c(N)cccc21.Cl. The maximum Gasteiger partial charge on any atom is 0.137 e. The number of nitrogens with zero attached hydrogens (tertiary/aromatic N) is 3. The van der Waals surface area contributed by atoms with Gasteiger partial charge in [0.15, 0.2) is 0 Å². The Labute approximate surface area is 142 Å². The van der Waals surface area contributed by atoms with Crippen molar-refractivity contribution in [3.63, 3.8) is 0 Å². The maximum absolute atomic E-state index is 6.15. The lowest BCUT2D eigenvalue weighted by Crippen LogP contribution is -2.30. The predicted molar refractivity (Wildman–Crippen MR) is 97.4 cm³/mol. The molecule has 3 heterocycles. The molecule has 0 atom stereocenters. The van der Waals surface area contributed by atoms with Crippen LogP contribution in [0.3, 0.4) is 0 Å². The Morgan fingerprint density at radius 1 is 1.17 bits per heavy atom. The van der Waals surface area contributed by atoms with Crippen molar-refractivity contribution in [2.75, 3.05) is 17.2 Å². The third-order valence-corrected chi connectivity index (χ3v) is 4.55. The van der Waals surface area contributed by atoms with Crippen LogP contribution in [0.15, 0.2) is 42.6 Å². The van der Waals surface area contributed by atoms with Crippen LogP contribution < -0.4 is 10.6 Å². The number of pyridine rings is 1. The van der Waals surface area contributed by atoms with Crippen LogP contribution >= 0.6 is 12.4 Å². The van der Waals surface area contributed by atoms with Gasteiger partial charge < -0.3 is 15.0 Å². The molecule has 23 heavy (non-hydrogen) atoms. The van der Waals surface area contributed by atoms with Crippen molar-refractivity contribution < 1.29 is 0 Å². The van der Waals surface area contributed by atoms with Crippen molar-refractivity contribution in [3.05, 3.63) is 59.5 Å². The van der Waals surface area contributed by atoms with Crippen LogP contribution in [-0.4, -0.2) is 15.9 Å². The monoisotopic (exact) mass is 328 g/mol. The summed E-state index contributed by atoms with van der Waals surface area (Å²) in [5.74, 6) is 0. The Morgan fingerprint density at radius 3 is 2.91 bits per heavy atom. The van der Waals surface area contributed by atoms with E-state index in [9.17, 15) is 0 Å². The fraction of sp³-hybridized carbons (Fsp3) is 0.278. The summed E-state index contributed by atoms with van der Waals surface area (Å²) in [4.78, 5) is 7.09. The molecule has 0 saturated heterocycles. The number of anilines is 2. The van der Waals surface area contributed by atoms with Crippen molar-refractivity contribution in [2.45, 2.75) is 26.3 Å². The van der Waals surface area contributed by atoms with Gasteiger partial charge in [-0.05, 0) is 49.6 Å². The van der Waals surface area contributed by atoms with Crippen LogP contribution in [0.4, 0.5) is 11.4 Å². The highest BCUT2D eigenvalue weighted by Crippen LogP contribution is 2.32. The fourth-order valence-corrected chi connectivity index (χ4v) is 3.43. The molecule has 0 amide bonds. The number of aromatic nitrogens is 2. The van der Waals surface area contributed by atoms with Crippen LogP contribution in [-0.2, 0) is 13.0 Å². The smallest absolute Gasteiger partial charge is 0.137 e. The standard InChI is InChI=1S/C18H20N4.ClH/c1-13-17(22-11-3-2-9-18(22)20-13)12-21-10-5-6-14-15(19)7-4-8-16(14)21;/h2-4,7-9,11H,5-6,10,12,19H2,1H3;1H. The van der Waals surface area contributed by atoms with Crippen LogP contribution in [0.5, 0.6) is 0 Å². The highest BCUT2D eigenvalue weighted by Gasteiger charge is 2.20. The summed E-state index contributed by atoms with van der Waals surface area (Å²) in [6.45, 7) is 4.02. The first-order valence-corrected chi connectivity index (χ1v) is 7.79. The van der Waals surface area contributed by atoms with Gasteiger partial charge in [0.1, 0.15) is 5.65 Å². The number of fused-ring (bicyclic) bond motifs is 2. The second-order valence-corrected chi connectivity index (χ2v) is 5.94. The molecule has 1 aliphatic rings. The molecular weight excluding hydrogens is 308 g/mol. The zero-order valence-corrected chi connectivity index (χ0v) is 14.0. The number of benzene rings is 1. The minimum atomic E-state index is 0. The van der Waals surface area contributed by atoms with Gasteiger partial charge in [0, 0.05) is 24.1 Å². The summed E-state index contributed by atoms with van der Waals surface area (Å²) >= 11 is 0. The van der Waals surface area contributed by atoms with E-state index in [0.29, 0.717) is 0 Å². The van der Waals surface area contributed by atoms with E-state index in [2.05, 4.69) is 45.6 Å². The molecule has 120 valence electrons. The molecule has 0 saturated carbocycles. The second-order valence-electron chi connectivity index (χ2n) is 5.94. The van der Waals surface area contributed by atoms with Crippen LogP contribution in [0.2, 0.25) is 0 Å². The normalized spacial score (nSPS) is 13.7. The lowest BCUT2D eigenvalue weighted by Gasteiger charge is -2.32. The van der Waals surface area contributed by atoms with Gasteiger partial charge in [-0.25, -0.2) is 4.98 Å². The summed E-state index contributed by atoms with van der Waals surface area (Å²) < 4.78 is 2.19.